The standard InChI is InChI=1S/C71H123N2O7P/c1-7-10-13-16-19-22-25-28-30-32-33-34-35-36-37-38-39-40-41-42-44-46-49-52-55-58-61-64-71(75)80-69(62-59-56-53-50-47-27-24-21-18-15-12-9-3)68(67-79-81(76,77)78-66-65-73(4,5)6)72-70(74)63-60-57-54-51-48-45-43-31-29-26-23-20-17-14-11-8-2/h11,14,19-20,22-23,28-31,33-34,36-37,45,48,54,57,59,62,68-69H,7-10,12-13,15-18,21,24-27,32,35,38-44,46-47,49-53,55-56,58,60-61,63-67H2,1-6H3,(H-,72,74,76,77)/p+1/b14-11+,22-19-,23-20+,30-28-,31-29+,34-33-,37-36-,48-45+,57-54+,62-59-. The van der Waals surface area contributed by atoms with Crippen molar-refractivity contribution in [2.45, 2.75) is 277 Å². The van der Waals surface area contributed by atoms with Gasteiger partial charge in [-0.05, 0) is 109 Å². The number of nitrogens with one attached hydrogen (secondary N) is 1. The van der Waals surface area contributed by atoms with Crippen molar-refractivity contribution >= 4 is 19.7 Å². The van der Waals surface area contributed by atoms with Gasteiger partial charge < -0.3 is 19.4 Å². The second-order valence-corrected chi connectivity index (χ2v) is 24.4. The number of carbonyl (C=O) groups excluding carboxylic acids is 2. The van der Waals surface area contributed by atoms with E-state index >= 15 is 0 Å². The van der Waals surface area contributed by atoms with E-state index in [1.165, 1.54) is 128 Å². The summed E-state index contributed by atoms with van der Waals surface area (Å²) in [5.41, 5.74) is 0. The maximum atomic E-state index is 13.5. The number of likely N-dealkylation sites (N-methyl/N-ethyl adjacent to an activating group) is 1. The van der Waals surface area contributed by atoms with Gasteiger partial charge in [0.1, 0.15) is 19.3 Å². The summed E-state index contributed by atoms with van der Waals surface area (Å²) in [5, 5.41) is 3.00. The molecule has 0 aliphatic carbocycles. The number of rotatable bonds is 58. The summed E-state index contributed by atoms with van der Waals surface area (Å²) in [6, 6.07) is -0.897. The second kappa shape index (κ2) is 59.6. The smallest absolute Gasteiger partial charge is 0.456 e. The van der Waals surface area contributed by atoms with Gasteiger partial charge in [-0.3, -0.25) is 18.6 Å². The SMILES string of the molecule is CC/C=C/C/C=C/C/C=C/C/C=C/C/C=C/CCC(=O)NC(COP(=O)(O)OCC[N+](C)(C)C)C(/C=C\CCCCCCCCCCCC)OC(=O)CCCCCCCCCCCCC/C=C\C/C=C\C/C=C\C/C=C\CCCCC. The highest BCUT2D eigenvalue weighted by molar-refractivity contribution is 7.47. The number of quaternary nitrogens is 1. The van der Waals surface area contributed by atoms with Crippen molar-refractivity contribution in [1.82, 2.24) is 5.32 Å². The third kappa shape index (κ3) is 60.8. The lowest BCUT2D eigenvalue weighted by molar-refractivity contribution is -0.870. The summed E-state index contributed by atoms with van der Waals surface area (Å²) >= 11 is 0. The van der Waals surface area contributed by atoms with E-state index in [-0.39, 0.29) is 37.9 Å². The molecule has 0 aromatic rings. The Morgan fingerprint density at radius 1 is 0.444 bits per heavy atom. The molecule has 9 nitrogen and oxygen atoms in total. The molecule has 0 spiro atoms. The summed E-state index contributed by atoms with van der Waals surface area (Å²) in [7, 11) is 1.44. The maximum absolute atomic E-state index is 13.5. The predicted molar refractivity (Wildman–Crippen MR) is 350 cm³/mol. The van der Waals surface area contributed by atoms with E-state index in [9.17, 15) is 19.0 Å². The Hall–Kier alpha value is -3.59. The molecule has 0 rings (SSSR count). The van der Waals surface area contributed by atoms with E-state index in [4.69, 9.17) is 13.8 Å². The topological polar surface area (TPSA) is 111 Å². The number of carbonyl (C=O) groups is 2. The molecular weight excluding hydrogens is 1020 g/mol. The Labute approximate surface area is 499 Å². The first-order valence-corrected chi connectivity index (χ1v) is 34.4. The zero-order valence-corrected chi connectivity index (χ0v) is 53.9. The van der Waals surface area contributed by atoms with Gasteiger partial charge >= 0.3 is 13.8 Å². The van der Waals surface area contributed by atoms with Crippen molar-refractivity contribution < 1.29 is 37.3 Å². The molecule has 0 saturated heterocycles. The quantitative estimate of drug-likeness (QED) is 0.0205. The Morgan fingerprint density at radius 2 is 0.802 bits per heavy atom. The van der Waals surface area contributed by atoms with E-state index in [0.717, 1.165) is 96.3 Å². The number of allylic oxidation sites excluding steroid dienone is 19. The fourth-order valence-corrected chi connectivity index (χ4v) is 9.59. The molecule has 0 radical (unpaired) electrons. The maximum Gasteiger partial charge on any atom is 0.472 e. The number of hydrogen-bond acceptors (Lipinski definition) is 6. The average molecular weight is 1150 g/mol. The van der Waals surface area contributed by atoms with Crippen LogP contribution in [-0.4, -0.2) is 74.3 Å². The molecule has 0 bridgehead atoms. The third-order valence-electron chi connectivity index (χ3n) is 13.9. The fourth-order valence-electron chi connectivity index (χ4n) is 8.85. The zero-order chi connectivity index (χ0) is 59.3. The minimum atomic E-state index is -4.48. The number of hydrogen-bond donors (Lipinski definition) is 2. The van der Waals surface area contributed by atoms with Crippen LogP contribution in [0.2, 0.25) is 0 Å². The number of esters is 1. The number of phosphoric acid groups is 1. The Bertz CT molecular complexity index is 1800. The van der Waals surface area contributed by atoms with E-state index < -0.39 is 20.0 Å². The Kier molecular flexibility index (Phi) is 56.9. The van der Waals surface area contributed by atoms with Crippen molar-refractivity contribution in [3.63, 3.8) is 0 Å². The van der Waals surface area contributed by atoms with E-state index in [2.05, 4.69) is 129 Å². The number of unbranched alkanes of at least 4 members (excludes halogenated alkanes) is 24. The van der Waals surface area contributed by atoms with Crippen LogP contribution in [0.1, 0.15) is 265 Å². The van der Waals surface area contributed by atoms with Gasteiger partial charge in [-0.2, -0.15) is 0 Å². The molecule has 3 atom stereocenters. The average Bonchev–Trinajstić information content (AvgIpc) is 3.44. The summed E-state index contributed by atoms with van der Waals surface area (Å²) < 4.78 is 30.7. The van der Waals surface area contributed by atoms with Crippen LogP contribution >= 0.6 is 7.82 Å². The van der Waals surface area contributed by atoms with Crippen LogP contribution in [0.3, 0.4) is 0 Å². The molecule has 2 N–H and O–H groups in total. The van der Waals surface area contributed by atoms with E-state index in [0.29, 0.717) is 17.4 Å². The first-order valence-electron chi connectivity index (χ1n) is 32.9. The molecule has 0 aromatic carbocycles. The van der Waals surface area contributed by atoms with Crippen LogP contribution in [0.15, 0.2) is 122 Å². The summed E-state index contributed by atoms with van der Waals surface area (Å²) in [5.74, 6) is -0.610. The first-order chi connectivity index (χ1) is 39.4. The number of amides is 1. The van der Waals surface area contributed by atoms with E-state index in [1.54, 1.807) is 0 Å². The van der Waals surface area contributed by atoms with Crippen LogP contribution in [0.4, 0.5) is 0 Å². The third-order valence-corrected chi connectivity index (χ3v) is 14.9. The van der Waals surface area contributed by atoms with Crippen LogP contribution in [-0.2, 0) is 27.9 Å². The minimum Gasteiger partial charge on any atom is -0.456 e. The van der Waals surface area contributed by atoms with Crippen LogP contribution < -0.4 is 5.32 Å². The lowest BCUT2D eigenvalue weighted by Crippen LogP contribution is -2.47. The first kappa shape index (κ1) is 77.4. The highest BCUT2D eigenvalue weighted by Crippen LogP contribution is 2.43. The molecule has 81 heavy (non-hydrogen) atoms. The lowest BCUT2D eigenvalue weighted by atomic mass is 10.0. The fraction of sp³-hybridized carbons (Fsp3) is 0.690. The van der Waals surface area contributed by atoms with Gasteiger partial charge in [0.05, 0.1) is 33.8 Å². The minimum absolute atomic E-state index is 0.0208. The van der Waals surface area contributed by atoms with Gasteiger partial charge in [-0.1, -0.05) is 265 Å². The van der Waals surface area contributed by atoms with Crippen molar-refractivity contribution in [1.29, 1.82) is 0 Å². The van der Waals surface area contributed by atoms with Gasteiger partial charge in [0.15, 0.2) is 0 Å². The van der Waals surface area contributed by atoms with Gasteiger partial charge in [0, 0.05) is 12.8 Å². The van der Waals surface area contributed by atoms with Gasteiger partial charge in [0.2, 0.25) is 5.91 Å². The second-order valence-electron chi connectivity index (χ2n) is 22.9. The molecule has 10 heteroatoms. The molecule has 0 aromatic heterocycles. The van der Waals surface area contributed by atoms with Crippen LogP contribution in [0, 0.1) is 0 Å². The summed E-state index contributed by atoms with van der Waals surface area (Å²) in [4.78, 5) is 37.7. The van der Waals surface area contributed by atoms with E-state index in [1.807, 2.05) is 39.4 Å². The van der Waals surface area contributed by atoms with Crippen molar-refractivity contribution in [2.75, 3.05) is 40.9 Å². The molecule has 0 aliphatic heterocycles. The van der Waals surface area contributed by atoms with Gasteiger partial charge in [0.25, 0.3) is 0 Å². The normalized spacial score (nSPS) is 14.4. The molecular formula is C71H124N2O7P+. The zero-order valence-electron chi connectivity index (χ0n) is 53.0. The molecule has 0 fully saturated rings. The highest BCUT2D eigenvalue weighted by atomic mass is 31.2. The van der Waals surface area contributed by atoms with Crippen LogP contribution in [0.25, 0.3) is 0 Å². The van der Waals surface area contributed by atoms with Crippen molar-refractivity contribution in [3.8, 4) is 0 Å². The Balaban J connectivity index is 5.18. The molecule has 1 amide bonds. The predicted octanol–water partition coefficient (Wildman–Crippen LogP) is 20.7. The van der Waals surface area contributed by atoms with Gasteiger partial charge in [-0.15, -0.1) is 0 Å². The Morgan fingerprint density at radius 3 is 1.23 bits per heavy atom. The largest absolute Gasteiger partial charge is 0.472 e. The summed E-state index contributed by atoms with van der Waals surface area (Å²) in [6.07, 6.45) is 83.7. The lowest BCUT2D eigenvalue weighted by Gasteiger charge is -2.27. The monoisotopic (exact) mass is 1150 g/mol. The highest BCUT2D eigenvalue weighted by Gasteiger charge is 2.30. The molecule has 0 heterocycles. The molecule has 0 aliphatic rings. The molecule has 0 saturated carbocycles. The number of nitrogens with zero attached hydrogens (tertiary/aromatic N) is 1. The molecule has 464 valence electrons. The van der Waals surface area contributed by atoms with Crippen LogP contribution in [0.5, 0.6) is 0 Å². The summed E-state index contributed by atoms with van der Waals surface area (Å²) in [6.45, 7) is 6.80. The molecule has 3 unspecified atom stereocenters. The van der Waals surface area contributed by atoms with Gasteiger partial charge in [-0.25, -0.2) is 4.57 Å². The number of phosphoric ester groups is 1. The van der Waals surface area contributed by atoms with Crippen molar-refractivity contribution in [2.24, 2.45) is 0 Å². The van der Waals surface area contributed by atoms with Crippen molar-refractivity contribution in [3.05, 3.63) is 122 Å². The number of ether oxygens (including phenoxy) is 1.